The predicted molar refractivity (Wildman–Crippen MR) is 131 cm³/mol. The van der Waals surface area contributed by atoms with Crippen molar-refractivity contribution in [2.75, 3.05) is 26.1 Å². The average Bonchev–Trinajstić information content (AvgIpc) is 3.13. The van der Waals surface area contributed by atoms with Gasteiger partial charge in [0.25, 0.3) is 0 Å². The number of thioether (sulfide) groups is 1. The Balaban J connectivity index is 1.67. The van der Waals surface area contributed by atoms with Gasteiger partial charge in [0.2, 0.25) is 0 Å². The maximum atomic E-state index is 11.8. The van der Waals surface area contributed by atoms with Crippen LogP contribution in [0.4, 0.5) is 0 Å². The summed E-state index contributed by atoms with van der Waals surface area (Å²) >= 11 is 1.49. The van der Waals surface area contributed by atoms with E-state index in [4.69, 9.17) is 5.84 Å². The summed E-state index contributed by atoms with van der Waals surface area (Å²) in [6, 6.07) is 13.7. The number of rotatable bonds is 4. The quantitative estimate of drug-likeness (QED) is 0.630. The first kappa shape index (κ1) is 23.8. The van der Waals surface area contributed by atoms with Crippen molar-refractivity contribution >= 4 is 36.5 Å². The molecule has 0 amide bonds. The van der Waals surface area contributed by atoms with Crippen LogP contribution in [0.25, 0.3) is 0 Å². The Morgan fingerprint density at radius 2 is 1.48 bits per heavy atom. The lowest BCUT2D eigenvalue weighted by Gasteiger charge is -2.36. The molecule has 0 spiro atoms. The number of sulfone groups is 2. The molecule has 0 aromatic heterocycles. The Bertz CT molecular complexity index is 1330. The van der Waals surface area contributed by atoms with Crippen molar-refractivity contribution in [1.82, 2.24) is 10.0 Å². The number of allylic oxidation sites excluding steroid dienone is 1. The third-order valence-electron chi connectivity index (χ3n) is 5.72. The number of nitrogens with zero attached hydrogens (tertiary/aromatic N) is 3. The Morgan fingerprint density at radius 3 is 2.03 bits per heavy atom. The monoisotopic (exact) mass is 506 g/mol. The van der Waals surface area contributed by atoms with E-state index in [0.717, 1.165) is 39.7 Å². The summed E-state index contributed by atoms with van der Waals surface area (Å²) in [6.45, 7) is 0.712. The summed E-state index contributed by atoms with van der Waals surface area (Å²) in [7, 11) is -4.67. The van der Waals surface area contributed by atoms with Crippen molar-refractivity contribution in [3.63, 3.8) is 0 Å². The lowest BCUT2D eigenvalue weighted by Crippen LogP contribution is -2.39. The van der Waals surface area contributed by atoms with E-state index in [-0.39, 0.29) is 15.7 Å². The van der Waals surface area contributed by atoms with Crippen molar-refractivity contribution in [2.24, 2.45) is 10.9 Å². The summed E-state index contributed by atoms with van der Waals surface area (Å²) in [5, 5.41) is 9.86. The fraction of sp³-hybridized carbons (Fsp3) is 0.318. The van der Waals surface area contributed by atoms with Gasteiger partial charge in [-0.05, 0) is 54.4 Å². The van der Waals surface area contributed by atoms with Gasteiger partial charge in [0.1, 0.15) is 10.1 Å². The summed E-state index contributed by atoms with van der Waals surface area (Å²) < 4.78 is 47.2. The molecule has 33 heavy (non-hydrogen) atoms. The number of hydrogen-bond acceptors (Lipinski definition) is 9. The minimum absolute atomic E-state index is 0.00414. The standard InChI is InChI=1S/C22H26N4O4S3/c1-25-22(31-21(24-25)16-8-12-18(13-9-16)33(3,29)30)20-19(5-4-14-26(20)23)15-6-10-17(11-7-15)32(2,27)28/h6-13,19H,4-5,14,23H2,1-3H3. The summed E-state index contributed by atoms with van der Waals surface area (Å²) in [5.41, 5.74) is 2.76. The average molecular weight is 507 g/mol. The van der Waals surface area contributed by atoms with Gasteiger partial charge in [-0.3, -0.25) is 5.01 Å². The van der Waals surface area contributed by atoms with Crippen LogP contribution >= 0.6 is 11.8 Å². The molecule has 1 atom stereocenters. The van der Waals surface area contributed by atoms with Gasteiger partial charge in [-0.25, -0.2) is 22.7 Å². The van der Waals surface area contributed by atoms with Crippen LogP contribution in [0.1, 0.15) is 29.9 Å². The Hall–Kier alpha value is -2.34. The lowest BCUT2D eigenvalue weighted by atomic mass is 9.88. The molecular formula is C22H26N4O4S3. The number of hydrogen-bond donors (Lipinski definition) is 1. The van der Waals surface area contributed by atoms with Crippen molar-refractivity contribution < 1.29 is 16.8 Å². The molecule has 4 rings (SSSR count). The van der Waals surface area contributed by atoms with Crippen LogP contribution in [0, 0.1) is 0 Å². The van der Waals surface area contributed by atoms with Crippen LogP contribution in [0.3, 0.4) is 0 Å². The molecule has 2 aliphatic heterocycles. The molecule has 0 aliphatic carbocycles. The second-order valence-electron chi connectivity index (χ2n) is 8.25. The molecule has 1 saturated heterocycles. The summed E-state index contributed by atoms with van der Waals surface area (Å²) in [4.78, 5) is 0.552. The van der Waals surface area contributed by atoms with Crippen molar-refractivity contribution in [3.8, 4) is 0 Å². The molecule has 1 fully saturated rings. The fourth-order valence-corrected chi connectivity index (χ4v) is 6.40. The van der Waals surface area contributed by atoms with Gasteiger partial charge in [0.05, 0.1) is 15.5 Å². The molecule has 1 unspecified atom stereocenters. The van der Waals surface area contributed by atoms with E-state index in [0.29, 0.717) is 6.54 Å². The van der Waals surface area contributed by atoms with E-state index in [9.17, 15) is 16.8 Å². The smallest absolute Gasteiger partial charge is 0.175 e. The maximum absolute atomic E-state index is 11.8. The SMILES string of the molecule is CN1N=C(c2ccc(S(C)(=O)=O)cc2)SC1=C1C(c2ccc(S(C)(=O)=O)cc2)CCCN1N. The van der Waals surface area contributed by atoms with E-state index in [1.54, 1.807) is 46.4 Å². The van der Waals surface area contributed by atoms with E-state index in [2.05, 4.69) is 5.10 Å². The van der Waals surface area contributed by atoms with Gasteiger partial charge >= 0.3 is 0 Å². The normalized spacial score (nSPS) is 21.9. The minimum atomic E-state index is -3.27. The van der Waals surface area contributed by atoms with Gasteiger partial charge in [-0.2, -0.15) is 5.10 Å². The Labute approximate surface area is 199 Å². The van der Waals surface area contributed by atoms with E-state index >= 15 is 0 Å². The van der Waals surface area contributed by atoms with E-state index < -0.39 is 19.7 Å². The molecule has 0 radical (unpaired) electrons. The van der Waals surface area contributed by atoms with Crippen LogP contribution in [-0.4, -0.2) is 58.0 Å². The Kier molecular flexibility index (Phi) is 6.34. The van der Waals surface area contributed by atoms with Gasteiger partial charge < -0.3 is 5.01 Å². The minimum Gasteiger partial charge on any atom is -0.312 e. The van der Waals surface area contributed by atoms with Crippen LogP contribution < -0.4 is 5.84 Å². The second kappa shape index (κ2) is 8.79. The molecular weight excluding hydrogens is 480 g/mol. The number of piperidine rings is 1. The van der Waals surface area contributed by atoms with Gasteiger partial charge in [-0.15, -0.1) is 0 Å². The highest BCUT2D eigenvalue weighted by Gasteiger charge is 2.33. The van der Waals surface area contributed by atoms with Crippen LogP contribution in [0.2, 0.25) is 0 Å². The number of hydrazine groups is 1. The molecule has 2 heterocycles. The molecule has 8 nitrogen and oxygen atoms in total. The van der Waals surface area contributed by atoms with Crippen molar-refractivity contribution in [3.05, 3.63) is 70.4 Å². The van der Waals surface area contributed by atoms with E-state index in [1.807, 2.05) is 19.2 Å². The molecule has 0 saturated carbocycles. The number of benzene rings is 2. The highest BCUT2D eigenvalue weighted by Crippen LogP contribution is 2.43. The summed E-state index contributed by atoms with van der Waals surface area (Å²) in [5.74, 6) is 6.43. The molecule has 2 aromatic carbocycles. The highest BCUT2D eigenvalue weighted by atomic mass is 32.2. The van der Waals surface area contributed by atoms with Gasteiger partial charge in [-0.1, -0.05) is 24.3 Å². The predicted octanol–water partition coefficient (Wildman–Crippen LogP) is 2.76. The molecule has 176 valence electrons. The van der Waals surface area contributed by atoms with Crippen molar-refractivity contribution in [1.29, 1.82) is 0 Å². The zero-order valence-corrected chi connectivity index (χ0v) is 21.0. The first-order valence-corrected chi connectivity index (χ1v) is 14.9. The zero-order chi connectivity index (χ0) is 24.0. The van der Waals surface area contributed by atoms with Crippen LogP contribution in [0.5, 0.6) is 0 Å². The lowest BCUT2D eigenvalue weighted by molar-refractivity contribution is 0.267. The highest BCUT2D eigenvalue weighted by molar-refractivity contribution is 8.17. The molecule has 2 aliphatic rings. The third-order valence-corrected chi connectivity index (χ3v) is 9.15. The first-order valence-electron chi connectivity index (χ1n) is 10.3. The van der Waals surface area contributed by atoms with E-state index in [1.165, 1.54) is 24.3 Å². The summed E-state index contributed by atoms with van der Waals surface area (Å²) in [6.07, 6.45) is 4.18. The van der Waals surface area contributed by atoms with Crippen LogP contribution in [-0.2, 0) is 19.7 Å². The fourth-order valence-electron chi connectivity index (χ4n) is 4.01. The Morgan fingerprint density at radius 1 is 0.939 bits per heavy atom. The van der Waals surface area contributed by atoms with Crippen LogP contribution in [0.15, 0.2) is 74.1 Å². The largest absolute Gasteiger partial charge is 0.312 e. The topological polar surface area (TPSA) is 113 Å². The second-order valence-corrected chi connectivity index (χ2v) is 13.3. The van der Waals surface area contributed by atoms with Crippen molar-refractivity contribution in [2.45, 2.75) is 28.6 Å². The number of hydrazone groups is 1. The zero-order valence-electron chi connectivity index (χ0n) is 18.6. The van der Waals surface area contributed by atoms with Gasteiger partial charge in [0.15, 0.2) is 19.7 Å². The molecule has 2 N–H and O–H groups in total. The molecule has 0 bridgehead atoms. The maximum Gasteiger partial charge on any atom is 0.175 e. The third kappa shape index (κ3) is 4.96. The molecule has 2 aromatic rings. The van der Waals surface area contributed by atoms with Gasteiger partial charge in [0, 0.05) is 37.6 Å². The molecule has 11 heteroatoms. The number of nitrogens with two attached hydrogens (primary N) is 1. The first-order chi connectivity index (χ1) is 15.4.